The predicted octanol–water partition coefficient (Wildman–Crippen LogP) is 1.88. The lowest BCUT2D eigenvalue weighted by Crippen LogP contribution is -2.51. The first kappa shape index (κ1) is 16.0. The molecule has 0 radical (unpaired) electrons. The Morgan fingerprint density at radius 2 is 1.81 bits per heavy atom. The maximum absolute atomic E-state index is 12.6. The summed E-state index contributed by atoms with van der Waals surface area (Å²) in [5.74, 6) is 0.00706. The maximum Gasteiger partial charge on any atom is 0.227 e. The molecule has 2 unspecified atom stereocenters. The van der Waals surface area contributed by atoms with Crippen LogP contribution in [0.1, 0.15) is 31.9 Å². The molecule has 116 valence electrons. The Bertz CT molecular complexity index is 441. The van der Waals surface area contributed by atoms with Gasteiger partial charge in [0.1, 0.15) is 0 Å². The largest absolute Gasteiger partial charge is 0.340 e. The third-order valence-electron chi connectivity index (χ3n) is 4.34. The minimum atomic E-state index is -0.229. The summed E-state index contributed by atoms with van der Waals surface area (Å²) in [5, 5.41) is 0. The van der Waals surface area contributed by atoms with E-state index in [1.54, 1.807) is 0 Å². The Morgan fingerprint density at radius 3 is 2.38 bits per heavy atom. The zero-order valence-corrected chi connectivity index (χ0v) is 13.2. The van der Waals surface area contributed by atoms with E-state index in [0.29, 0.717) is 0 Å². The molecule has 4 nitrogen and oxygen atoms in total. The molecule has 1 heterocycles. The van der Waals surface area contributed by atoms with E-state index in [-0.39, 0.29) is 17.9 Å². The van der Waals surface area contributed by atoms with Crippen molar-refractivity contribution in [3.63, 3.8) is 0 Å². The zero-order valence-electron chi connectivity index (χ0n) is 13.2. The van der Waals surface area contributed by atoms with Gasteiger partial charge in [0.15, 0.2) is 0 Å². The molecule has 2 rings (SSSR count). The molecule has 0 aliphatic carbocycles. The molecule has 1 aliphatic heterocycles. The van der Waals surface area contributed by atoms with E-state index < -0.39 is 0 Å². The van der Waals surface area contributed by atoms with Gasteiger partial charge in [-0.3, -0.25) is 9.69 Å². The van der Waals surface area contributed by atoms with Gasteiger partial charge in [0, 0.05) is 32.2 Å². The average molecular weight is 289 g/mol. The van der Waals surface area contributed by atoms with Crippen molar-refractivity contribution in [3.8, 4) is 0 Å². The molecule has 1 amide bonds. The molecule has 4 heteroatoms. The van der Waals surface area contributed by atoms with Gasteiger partial charge >= 0.3 is 0 Å². The lowest BCUT2D eigenvalue weighted by molar-refractivity contribution is -0.137. The standard InChI is InChI=1S/C17H27N3O/c1-3-9-19-10-12-20(13-11-19)17(21)14(2)16(18)15-7-5-4-6-8-15/h4-8,14,16H,3,9-13,18H2,1-2H3. The Labute approximate surface area is 127 Å². The van der Waals surface area contributed by atoms with Crippen LogP contribution in [0.5, 0.6) is 0 Å². The summed E-state index contributed by atoms with van der Waals surface area (Å²) in [5.41, 5.74) is 7.29. The summed E-state index contributed by atoms with van der Waals surface area (Å²) in [6.07, 6.45) is 1.17. The predicted molar refractivity (Wildman–Crippen MR) is 85.8 cm³/mol. The third-order valence-corrected chi connectivity index (χ3v) is 4.34. The van der Waals surface area contributed by atoms with Gasteiger partial charge in [-0.1, -0.05) is 44.2 Å². The molecule has 0 saturated carbocycles. The molecule has 0 aromatic heterocycles. The van der Waals surface area contributed by atoms with Gasteiger partial charge < -0.3 is 10.6 Å². The van der Waals surface area contributed by atoms with E-state index in [9.17, 15) is 4.79 Å². The van der Waals surface area contributed by atoms with Gasteiger partial charge in [-0.2, -0.15) is 0 Å². The van der Waals surface area contributed by atoms with Crippen LogP contribution in [0.3, 0.4) is 0 Å². The van der Waals surface area contributed by atoms with Crippen LogP contribution in [0.4, 0.5) is 0 Å². The molecule has 2 atom stereocenters. The average Bonchev–Trinajstić information content (AvgIpc) is 2.54. The van der Waals surface area contributed by atoms with Crippen LogP contribution in [-0.4, -0.2) is 48.4 Å². The van der Waals surface area contributed by atoms with E-state index in [0.717, 1.165) is 38.3 Å². The molecular weight excluding hydrogens is 262 g/mol. The normalized spacial score (nSPS) is 19.3. The number of carbonyl (C=O) groups is 1. The fourth-order valence-corrected chi connectivity index (χ4v) is 2.91. The summed E-state index contributed by atoms with van der Waals surface area (Å²) in [7, 11) is 0. The quantitative estimate of drug-likeness (QED) is 0.900. The van der Waals surface area contributed by atoms with Crippen LogP contribution < -0.4 is 5.73 Å². The van der Waals surface area contributed by atoms with Gasteiger partial charge in [0.2, 0.25) is 5.91 Å². The number of carbonyl (C=O) groups excluding carboxylic acids is 1. The SMILES string of the molecule is CCCN1CCN(C(=O)C(C)C(N)c2ccccc2)CC1. The molecule has 1 aromatic rings. The van der Waals surface area contributed by atoms with Gasteiger partial charge in [0.05, 0.1) is 5.92 Å². The second kappa shape index (κ2) is 7.57. The van der Waals surface area contributed by atoms with E-state index in [1.165, 1.54) is 6.42 Å². The van der Waals surface area contributed by atoms with Crippen LogP contribution in [-0.2, 0) is 4.79 Å². The van der Waals surface area contributed by atoms with Crippen LogP contribution >= 0.6 is 0 Å². The van der Waals surface area contributed by atoms with Crippen molar-refractivity contribution in [1.29, 1.82) is 0 Å². The highest BCUT2D eigenvalue weighted by Crippen LogP contribution is 2.21. The smallest absolute Gasteiger partial charge is 0.227 e. The van der Waals surface area contributed by atoms with E-state index >= 15 is 0 Å². The molecule has 0 bridgehead atoms. The Morgan fingerprint density at radius 1 is 1.19 bits per heavy atom. The molecule has 1 aromatic carbocycles. The summed E-state index contributed by atoms with van der Waals surface area (Å²) >= 11 is 0. The Balaban J connectivity index is 1.91. The highest BCUT2D eigenvalue weighted by atomic mass is 16.2. The summed E-state index contributed by atoms with van der Waals surface area (Å²) in [4.78, 5) is 17.0. The lowest BCUT2D eigenvalue weighted by atomic mass is 9.94. The van der Waals surface area contributed by atoms with Crippen molar-refractivity contribution >= 4 is 5.91 Å². The Hall–Kier alpha value is -1.39. The summed E-state index contributed by atoms with van der Waals surface area (Å²) < 4.78 is 0. The number of hydrogen-bond donors (Lipinski definition) is 1. The fraction of sp³-hybridized carbons (Fsp3) is 0.588. The monoisotopic (exact) mass is 289 g/mol. The topological polar surface area (TPSA) is 49.6 Å². The number of hydrogen-bond acceptors (Lipinski definition) is 3. The highest BCUT2D eigenvalue weighted by Gasteiger charge is 2.28. The van der Waals surface area contributed by atoms with Crippen molar-refractivity contribution in [2.24, 2.45) is 11.7 Å². The maximum atomic E-state index is 12.6. The van der Waals surface area contributed by atoms with E-state index in [1.807, 2.05) is 42.2 Å². The van der Waals surface area contributed by atoms with Crippen LogP contribution in [0.25, 0.3) is 0 Å². The van der Waals surface area contributed by atoms with Crippen molar-refractivity contribution < 1.29 is 4.79 Å². The highest BCUT2D eigenvalue weighted by molar-refractivity contribution is 5.79. The summed E-state index contributed by atoms with van der Waals surface area (Å²) in [6.45, 7) is 8.87. The number of nitrogens with zero attached hydrogens (tertiary/aromatic N) is 2. The molecule has 2 N–H and O–H groups in total. The van der Waals surface area contributed by atoms with Crippen molar-refractivity contribution in [3.05, 3.63) is 35.9 Å². The second-order valence-corrected chi connectivity index (χ2v) is 5.89. The number of piperazine rings is 1. The molecule has 1 fully saturated rings. The van der Waals surface area contributed by atoms with Gasteiger partial charge in [-0.15, -0.1) is 0 Å². The fourth-order valence-electron chi connectivity index (χ4n) is 2.91. The minimum absolute atomic E-state index is 0.176. The first-order chi connectivity index (χ1) is 10.1. The summed E-state index contributed by atoms with van der Waals surface area (Å²) in [6, 6.07) is 9.66. The van der Waals surface area contributed by atoms with Crippen molar-refractivity contribution in [2.75, 3.05) is 32.7 Å². The van der Waals surface area contributed by atoms with Crippen LogP contribution in [0, 0.1) is 5.92 Å². The molecular formula is C17H27N3O. The first-order valence-electron chi connectivity index (χ1n) is 7.95. The number of rotatable bonds is 5. The van der Waals surface area contributed by atoms with Gasteiger partial charge in [0.25, 0.3) is 0 Å². The number of benzene rings is 1. The van der Waals surface area contributed by atoms with E-state index in [4.69, 9.17) is 5.73 Å². The number of nitrogens with two attached hydrogens (primary N) is 1. The molecule has 1 aliphatic rings. The molecule has 1 saturated heterocycles. The van der Waals surface area contributed by atoms with Crippen LogP contribution in [0.2, 0.25) is 0 Å². The Kier molecular flexibility index (Phi) is 5.76. The first-order valence-corrected chi connectivity index (χ1v) is 7.95. The van der Waals surface area contributed by atoms with Gasteiger partial charge in [-0.05, 0) is 18.5 Å². The number of amides is 1. The molecule has 0 spiro atoms. The van der Waals surface area contributed by atoms with Gasteiger partial charge in [-0.25, -0.2) is 0 Å². The van der Waals surface area contributed by atoms with Crippen molar-refractivity contribution in [1.82, 2.24) is 9.80 Å². The van der Waals surface area contributed by atoms with Crippen molar-refractivity contribution in [2.45, 2.75) is 26.3 Å². The second-order valence-electron chi connectivity index (χ2n) is 5.89. The third kappa shape index (κ3) is 4.05. The van der Waals surface area contributed by atoms with Crippen LogP contribution in [0.15, 0.2) is 30.3 Å². The van der Waals surface area contributed by atoms with E-state index in [2.05, 4.69) is 11.8 Å². The minimum Gasteiger partial charge on any atom is -0.340 e. The molecule has 21 heavy (non-hydrogen) atoms. The zero-order chi connectivity index (χ0) is 15.2. The lowest BCUT2D eigenvalue weighted by Gasteiger charge is -2.36.